The van der Waals surface area contributed by atoms with Crippen molar-refractivity contribution in [3.05, 3.63) is 17.0 Å². The average Bonchev–Trinajstić information content (AvgIpc) is 2.78. The maximum atomic E-state index is 10.7. The highest BCUT2D eigenvalue weighted by atomic mass is 32.1. The predicted molar refractivity (Wildman–Crippen MR) is 73.2 cm³/mol. The van der Waals surface area contributed by atoms with Gasteiger partial charge in [0.05, 0.1) is 9.88 Å². The first-order chi connectivity index (χ1) is 8.19. The van der Waals surface area contributed by atoms with Crippen molar-refractivity contribution in [2.75, 3.05) is 38.6 Å². The summed E-state index contributed by atoms with van der Waals surface area (Å²) in [5.74, 6) is 0.826. The Bertz CT molecular complexity index is 367. The molecule has 0 radical (unpaired) electrons. The summed E-state index contributed by atoms with van der Waals surface area (Å²) in [6.07, 6.45) is 3.45. The lowest BCUT2D eigenvalue weighted by Crippen LogP contribution is -2.36. The fourth-order valence-corrected chi connectivity index (χ4v) is 3.30. The van der Waals surface area contributed by atoms with Gasteiger partial charge in [-0.2, -0.15) is 0 Å². The van der Waals surface area contributed by atoms with Gasteiger partial charge in [0.25, 0.3) is 0 Å². The fraction of sp³-hybridized carbons (Fsp3) is 0.615. The van der Waals surface area contributed by atoms with Crippen LogP contribution in [-0.2, 0) is 0 Å². The van der Waals surface area contributed by atoms with Gasteiger partial charge >= 0.3 is 0 Å². The van der Waals surface area contributed by atoms with Crippen molar-refractivity contribution >= 4 is 22.6 Å². The van der Waals surface area contributed by atoms with Crippen LogP contribution in [-0.4, -0.2) is 44.9 Å². The predicted octanol–water partition coefficient (Wildman–Crippen LogP) is 2.34. The van der Waals surface area contributed by atoms with E-state index in [1.165, 1.54) is 24.4 Å². The third-order valence-electron chi connectivity index (χ3n) is 3.28. The third kappa shape index (κ3) is 3.30. The molecule has 1 aliphatic rings. The molecule has 1 fully saturated rings. The lowest BCUT2D eigenvalue weighted by molar-refractivity contribution is 0.112. The van der Waals surface area contributed by atoms with Crippen molar-refractivity contribution in [1.29, 1.82) is 0 Å². The molecule has 0 aromatic carbocycles. The number of piperidine rings is 1. The number of nitrogens with zero attached hydrogens (tertiary/aromatic N) is 2. The molecule has 94 valence electrons. The fourth-order valence-electron chi connectivity index (χ4n) is 2.43. The van der Waals surface area contributed by atoms with Crippen LogP contribution in [0.25, 0.3) is 0 Å². The Morgan fingerprint density at radius 1 is 1.41 bits per heavy atom. The van der Waals surface area contributed by atoms with E-state index in [4.69, 9.17) is 0 Å². The van der Waals surface area contributed by atoms with Crippen LogP contribution in [0.4, 0.5) is 5.00 Å². The van der Waals surface area contributed by atoms with Crippen LogP contribution in [0.15, 0.2) is 12.1 Å². The van der Waals surface area contributed by atoms with E-state index in [0.29, 0.717) is 0 Å². The minimum atomic E-state index is 0.826. The van der Waals surface area contributed by atoms with Gasteiger partial charge in [-0.25, -0.2) is 0 Å². The second kappa shape index (κ2) is 5.65. The maximum absolute atomic E-state index is 10.7. The van der Waals surface area contributed by atoms with Gasteiger partial charge in [-0.05, 0) is 45.0 Å². The normalized spacial score (nSPS) is 17.7. The van der Waals surface area contributed by atoms with Crippen LogP contribution >= 0.6 is 11.3 Å². The second-order valence-corrected chi connectivity index (χ2v) is 6.08. The van der Waals surface area contributed by atoms with Crippen molar-refractivity contribution in [2.24, 2.45) is 5.92 Å². The topological polar surface area (TPSA) is 23.6 Å². The Labute approximate surface area is 107 Å². The number of anilines is 1. The molecule has 0 saturated carbocycles. The van der Waals surface area contributed by atoms with Crippen LogP contribution in [0.5, 0.6) is 0 Å². The van der Waals surface area contributed by atoms with Gasteiger partial charge in [0.1, 0.15) is 0 Å². The molecule has 2 rings (SSSR count). The monoisotopic (exact) mass is 252 g/mol. The highest BCUT2D eigenvalue weighted by molar-refractivity contribution is 7.17. The summed E-state index contributed by atoms with van der Waals surface area (Å²) in [6.45, 7) is 3.44. The number of carbonyl (C=O) groups is 1. The van der Waals surface area contributed by atoms with Crippen LogP contribution in [0.1, 0.15) is 22.5 Å². The first-order valence-electron chi connectivity index (χ1n) is 6.13. The summed E-state index contributed by atoms with van der Waals surface area (Å²) in [6, 6.07) is 3.99. The lowest BCUT2D eigenvalue weighted by atomic mass is 9.96. The highest BCUT2D eigenvalue weighted by Gasteiger charge is 2.20. The largest absolute Gasteiger partial charge is 0.363 e. The Morgan fingerprint density at radius 3 is 2.65 bits per heavy atom. The molecule has 1 saturated heterocycles. The molecule has 17 heavy (non-hydrogen) atoms. The zero-order valence-corrected chi connectivity index (χ0v) is 11.4. The van der Waals surface area contributed by atoms with E-state index in [9.17, 15) is 4.79 Å². The number of hydrogen-bond donors (Lipinski definition) is 0. The number of aldehydes is 1. The third-order valence-corrected chi connectivity index (χ3v) is 4.35. The molecule has 1 aromatic heterocycles. The molecule has 0 atom stereocenters. The molecule has 3 nitrogen and oxygen atoms in total. The number of thiophene rings is 1. The highest BCUT2D eigenvalue weighted by Crippen LogP contribution is 2.29. The Morgan fingerprint density at radius 2 is 2.12 bits per heavy atom. The van der Waals surface area contributed by atoms with Gasteiger partial charge in [-0.3, -0.25) is 4.79 Å². The number of carbonyl (C=O) groups excluding carboxylic acids is 1. The van der Waals surface area contributed by atoms with Crippen molar-refractivity contribution in [3.8, 4) is 0 Å². The van der Waals surface area contributed by atoms with Crippen molar-refractivity contribution < 1.29 is 4.79 Å². The molecule has 0 aliphatic carbocycles. The molecule has 0 unspecified atom stereocenters. The first-order valence-corrected chi connectivity index (χ1v) is 6.95. The molecule has 0 N–H and O–H groups in total. The Hall–Kier alpha value is -0.870. The van der Waals surface area contributed by atoms with Gasteiger partial charge in [-0.15, -0.1) is 11.3 Å². The van der Waals surface area contributed by atoms with E-state index in [0.717, 1.165) is 30.2 Å². The van der Waals surface area contributed by atoms with Crippen LogP contribution in [0.2, 0.25) is 0 Å². The zero-order valence-electron chi connectivity index (χ0n) is 10.6. The zero-order chi connectivity index (χ0) is 12.3. The van der Waals surface area contributed by atoms with Crippen LogP contribution in [0.3, 0.4) is 0 Å². The molecule has 0 spiro atoms. The van der Waals surface area contributed by atoms with E-state index in [-0.39, 0.29) is 0 Å². The van der Waals surface area contributed by atoms with Gasteiger partial charge in [0.2, 0.25) is 0 Å². The number of hydrogen-bond acceptors (Lipinski definition) is 4. The van der Waals surface area contributed by atoms with Gasteiger partial charge < -0.3 is 9.80 Å². The maximum Gasteiger partial charge on any atom is 0.160 e. The summed E-state index contributed by atoms with van der Waals surface area (Å²) in [5.41, 5.74) is 0. The Kier molecular flexibility index (Phi) is 4.18. The van der Waals surface area contributed by atoms with Gasteiger partial charge in [-0.1, -0.05) is 0 Å². The molecule has 2 heterocycles. The summed E-state index contributed by atoms with van der Waals surface area (Å²) in [7, 11) is 4.28. The molecule has 1 aromatic rings. The molecular weight excluding hydrogens is 232 g/mol. The van der Waals surface area contributed by atoms with E-state index in [1.54, 1.807) is 11.3 Å². The minimum absolute atomic E-state index is 0.826. The van der Waals surface area contributed by atoms with Crippen LogP contribution < -0.4 is 4.90 Å². The Balaban J connectivity index is 1.88. The van der Waals surface area contributed by atoms with E-state index < -0.39 is 0 Å². The molecule has 4 heteroatoms. The van der Waals surface area contributed by atoms with E-state index in [1.807, 2.05) is 6.07 Å². The van der Waals surface area contributed by atoms with Crippen molar-refractivity contribution in [2.45, 2.75) is 12.8 Å². The second-order valence-electron chi connectivity index (χ2n) is 4.99. The standard InChI is InChI=1S/C13H20N2OS/c1-14(2)9-11-5-7-15(8-6-11)13-4-3-12(10-16)17-13/h3-4,10-11H,5-9H2,1-2H3. The SMILES string of the molecule is CN(C)CC1CCN(c2ccc(C=O)s2)CC1. The van der Waals surface area contributed by atoms with Gasteiger partial charge in [0, 0.05) is 19.6 Å². The average molecular weight is 252 g/mol. The van der Waals surface area contributed by atoms with Gasteiger partial charge in [0.15, 0.2) is 6.29 Å². The summed E-state index contributed by atoms with van der Waals surface area (Å²) in [4.78, 5) is 16.2. The molecular formula is C13H20N2OS. The molecule has 0 amide bonds. The van der Waals surface area contributed by atoms with Crippen molar-refractivity contribution in [1.82, 2.24) is 4.90 Å². The minimum Gasteiger partial charge on any atom is -0.363 e. The molecule has 1 aliphatic heterocycles. The van der Waals surface area contributed by atoms with Crippen LogP contribution in [0, 0.1) is 5.92 Å². The first kappa shape index (κ1) is 12.6. The lowest BCUT2D eigenvalue weighted by Gasteiger charge is -2.33. The quantitative estimate of drug-likeness (QED) is 0.769. The van der Waals surface area contributed by atoms with Crippen molar-refractivity contribution in [3.63, 3.8) is 0 Å². The smallest absolute Gasteiger partial charge is 0.160 e. The summed E-state index contributed by atoms with van der Waals surface area (Å²) in [5, 5.41) is 1.25. The number of rotatable bonds is 4. The molecule has 0 bridgehead atoms. The summed E-state index contributed by atoms with van der Waals surface area (Å²) < 4.78 is 0. The van der Waals surface area contributed by atoms with E-state index >= 15 is 0 Å². The van der Waals surface area contributed by atoms with E-state index in [2.05, 4.69) is 30.0 Å². The summed E-state index contributed by atoms with van der Waals surface area (Å²) >= 11 is 1.60.